The van der Waals surface area contributed by atoms with E-state index in [1.165, 1.54) is 76.3 Å². The molecule has 0 unspecified atom stereocenters. The molecule has 0 aromatic heterocycles. The molecule has 3 aliphatic rings. The van der Waals surface area contributed by atoms with Crippen LogP contribution in [0.3, 0.4) is 0 Å². The average Bonchev–Trinajstić information content (AvgIpc) is 3.88. The summed E-state index contributed by atoms with van der Waals surface area (Å²) in [5, 5.41) is 7.61. The van der Waals surface area contributed by atoms with Crippen LogP contribution in [0.1, 0.15) is 65.3 Å². The van der Waals surface area contributed by atoms with Gasteiger partial charge >= 0.3 is 0 Å². The summed E-state index contributed by atoms with van der Waals surface area (Å²) in [6, 6.07) is 36.7. The molecule has 0 amide bonds. The zero-order valence-corrected chi connectivity index (χ0v) is 44.1. The minimum Gasteiger partial charge on any atom is -0.454 e. The second-order valence-corrected chi connectivity index (χ2v) is 21.5. The molecule has 0 saturated heterocycles. The van der Waals surface area contributed by atoms with E-state index < -0.39 is 15.8 Å². The largest absolute Gasteiger partial charge is 0.454 e. The number of ether oxygens (including phenoxy) is 4. The van der Waals surface area contributed by atoms with Gasteiger partial charge in [0.15, 0.2) is 23.0 Å². The quantitative estimate of drug-likeness (QED) is 0.0659. The number of allylic oxidation sites excluding steroid dienone is 2. The van der Waals surface area contributed by atoms with Crippen LogP contribution >= 0.6 is 40.7 Å². The fourth-order valence-corrected chi connectivity index (χ4v) is 14.3. The zero-order valence-electron chi connectivity index (χ0n) is 38.9. The minimum absolute atomic E-state index is 0. The minimum atomic E-state index is -1.05. The molecule has 4 nitrogen and oxygen atoms in total. The Morgan fingerprint density at radius 2 is 0.754 bits per heavy atom. The molecule has 9 rings (SSSR count). The van der Waals surface area contributed by atoms with Crippen molar-refractivity contribution in [3.05, 3.63) is 164 Å². The third-order valence-corrected chi connectivity index (χ3v) is 15.8. The molecule has 0 radical (unpaired) electrons. The molecule has 0 atom stereocenters. The predicted octanol–water partition coefficient (Wildman–Crippen LogP) is 11.9. The number of rotatable bonds is 8. The Morgan fingerprint density at radius 1 is 0.431 bits per heavy atom. The van der Waals surface area contributed by atoms with E-state index >= 15 is 0 Å². The van der Waals surface area contributed by atoms with E-state index in [1.807, 2.05) is 6.92 Å². The molecule has 9 heteroatoms. The van der Waals surface area contributed by atoms with Crippen molar-refractivity contribution in [2.75, 3.05) is 13.6 Å². The van der Waals surface area contributed by atoms with Crippen LogP contribution in [0.4, 0.5) is 0 Å². The number of fused-ring (bicyclic) bond motifs is 2. The summed E-state index contributed by atoms with van der Waals surface area (Å²) in [5.74, 6) is 9.50. The summed E-state index contributed by atoms with van der Waals surface area (Å²) in [6.07, 6.45) is 0. The summed E-state index contributed by atoms with van der Waals surface area (Å²) >= 11 is 0. The van der Waals surface area contributed by atoms with E-state index in [-0.39, 0.29) is 57.9 Å². The standard InChI is InChI=1S/C46H44O4P2.C10H10.2ClH.Ru/c1-27-13-28(2)18-35(17-27)51(36-19-29(3)14-30(4)20-36)41-11-9-39-45(49-25-47-39)43(41)44-42(12-10-40-46(44)50-26-48-40)52(37-21-31(5)15-32(6)22-37)38-23-33(7)16-34(8)24-38;1-8(2)10-6-4-9(3)5-7-10;;;/h9-24H,25-26H2,1-8H3;8H,1-3H3;2*1H;. The van der Waals surface area contributed by atoms with Crippen molar-refractivity contribution in [2.24, 2.45) is 5.92 Å². The van der Waals surface area contributed by atoms with Gasteiger partial charge in [0.1, 0.15) is 0 Å². The number of hydrogen-bond donors (Lipinski definition) is 0. The van der Waals surface area contributed by atoms with E-state index in [1.54, 1.807) is 0 Å². The fraction of sp³-hybridized carbons (Fsp3) is 0.250. The number of halogens is 2. The van der Waals surface area contributed by atoms with Gasteiger partial charge in [-0.1, -0.05) is 154 Å². The maximum atomic E-state index is 6.52. The average molecular weight is 1030 g/mol. The smallest absolute Gasteiger partial charge is 0.231 e. The van der Waals surface area contributed by atoms with Gasteiger partial charge in [0.2, 0.25) is 13.6 Å². The molecule has 2 aliphatic heterocycles. The van der Waals surface area contributed by atoms with Crippen molar-refractivity contribution in [3.63, 3.8) is 0 Å². The fourth-order valence-electron chi connectivity index (χ4n) is 8.63. The van der Waals surface area contributed by atoms with E-state index in [4.69, 9.17) is 18.9 Å². The first-order valence-electron chi connectivity index (χ1n) is 21.3. The predicted molar refractivity (Wildman–Crippen MR) is 276 cm³/mol. The molecule has 0 fully saturated rings. The van der Waals surface area contributed by atoms with Crippen LogP contribution in [0.2, 0.25) is 0 Å². The third kappa shape index (κ3) is 11.4. The monoisotopic (exact) mass is 1030 g/mol. The molecule has 0 bridgehead atoms. The van der Waals surface area contributed by atoms with E-state index in [2.05, 4.69) is 190 Å². The van der Waals surface area contributed by atoms with Gasteiger partial charge < -0.3 is 18.9 Å². The van der Waals surface area contributed by atoms with Crippen LogP contribution in [-0.4, -0.2) is 13.6 Å². The molecular weight excluding hydrogens is 971 g/mol. The third-order valence-electron chi connectivity index (χ3n) is 11.0. The normalized spacial score (nSPS) is 12.6. The topological polar surface area (TPSA) is 36.9 Å². The molecule has 0 N–H and O–H groups in total. The Morgan fingerprint density at radius 3 is 1.03 bits per heavy atom. The number of benzene rings is 6. The Kier molecular flexibility index (Phi) is 17.3. The van der Waals surface area contributed by atoms with Crippen molar-refractivity contribution in [1.82, 2.24) is 0 Å². The van der Waals surface area contributed by atoms with Crippen LogP contribution < -0.4 is 50.8 Å². The first-order chi connectivity index (χ1) is 29.7. The Bertz CT molecular complexity index is 2600. The van der Waals surface area contributed by atoms with E-state index in [9.17, 15) is 0 Å². The van der Waals surface area contributed by atoms with Gasteiger partial charge in [0.05, 0.1) is 5.57 Å². The second-order valence-electron chi connectivity index (χ2n) is 17.1. The summed E-state index contributed by atoms with van der Waals surface area (Å²) in [5.41, 5.74) is 20.1. The Labute approximate surface area is 414 Å². The molecule has 0 spiro atoms. The Balaban J connectivity index is 0.000000543. The van der Waals surface area contributed by atoms with Crippen molar-refractivity contribution in [3.8, 4) is 46.0 Å². The van der Waals surface area contributed by atoms with Gasteiger partial charge in [0, 0.05) is 36.2 Å². The van der Waals surface area contributed by atoms with Crippen molar-refractivity contribution >= 4 is 72.5 Å². The summed E-state index contributed by atoms with van der Waals surface area (Å²) in [4.78, 5) is 0. The molecule has 6 aromatic carbocycles. The molecule has 1 aliphatic carbocycles. The summed E-state index contributed by atoms with van der Waals surface area (Å²) < 4.78 is 25.4. The van der Waals surface area contributed by atoms with Crippen LogP contribution in [0.5, 0.6) is 23.0 Å². The number of hydrogen-bond acceptors (Lipinski definition) is 4. The molecule has 65 heavy (non-hydrogen) atoms. The molecule has 6 aromatic rings. The zero-order chi connectivity index (χ0) is 43.8. The van der Waals surface area contributed by atoms with Crippen molar-refractivity contribution < 1.29 is 38.4 Å². The summed E-state index contributed by atoms with van der Waals surface area (Å²) in [6.45, 7) is 24.1. The van der Waals surface area contributed by atoms with Gasteiger partial charge in [-0.15, -0.1) is 24.8 Å². The molecular formula is C56H56Cl2O4P2Ru. The van der Waals surface area contributed by atoms with Gasteiger partial charge in [0.25, 0.3) is 0 Å². The van der Waals surface area contributed by atoms with E-state index in [0.29, 0.717) is 5.92 Å². The first-order valence-corrected chi connectivity index (χ1v) is 23.9. The second kappa shape index (κ2) is 21.8. The molecule has 2 heterocycles. The van der Waals surface area contributed by atoms with Gasteiger partial charge in [-0.3, -0.25) is 0 Å². The van der Waals surface area contributed by atoms with Crippen LogP contribution in [0.25, 0.3) is 11.1 Å². The van der Waals surface area contributed by atoms with Gasteiger partial charge in [-0.25, -0.2) is 0 Å². The maximum absolute atomic E-state index is 6.52. The summed E-state index contributed by atoms with van der Waals surface area (Å²) in [7, 11) is -2.11. The SMILES string of the molecule is CC1=C=C=C(C(C)C)C#C1.Cc1cc(C)cc(P(c2cc(C)cc(C)c2)c2ccc3c(c2-c2c(P(c4cc(C)cc(C)c4)c4cc(C)cc(C)c4)ccc4c2OCO4)OCO3)c1.Cl.Cl.[Ru]. The first kappa shape index (κ1) is 51.4. The Hall–Kier alpha value is -4.56. The van der Waals surface area contributed by atoms with E-state index in [0.717, 1.165) is 45.3 Å². The maximum Gasteiger partial charge on any atom is 0.231 e. The van der Waals surface area contributed by atoms with Crippen LogP contribution in [-0.2, 0) is 19.5 Å². The molecule has 336 valence electrons. The van der Waals surface area contributed by atoms with Crippen molar-refractivity contribution in [1.29, 1.82) is 0 Å². The van der Waals surface area contributed by atoms with Crippen molar-refractivity contribution in [2.45, 2.75) is 76.2 Å². The molecule has 0 saturated carbocycles. The number of aryl methyl sites for hydroxylation is 8. The van der Waals surface area contributed by atoms with Gasteiger partial charge in [-0.2, -0.15) is 0 Å². The van der Waals surface area contributed by atoms with Crippen LogP contribution in [0, 0.1) is 73.1 Å². The van der Waals surface area contributed by atoms with Gasteiger partial charge in [-0.05, 0) is 140 Å². The van der Waals surface area contributed by atoms with Crippen LogP contribution in [0.15, 0.2) is 120 Å².